The number of hydrogen-bond acceptors (Lipinski definition) is 7. The van der Waals surface area contributed by atoms with E-state index < -0.39 is 0 Å². The number of aryl methyl sites for hydroxylation is 3. The Hall–Kier alpha value is -2.48. The second-order valence-corrected chi connectivity index (χ2v) is 6.68. The third-order valence-corrected chi connectivity index (χ3v) is 5.11. The van der Waals surface area contributed by atoms with Gasteiger partial charge in [0.15, 0.2) is 0 Å². The van der Waals surface area contributed by atoms with Crippen LogP contribution in [0.2, 0.25) is 0 Å². The molecule has 25 heavy (non-hydrogen) atoms. The van der Waals surface area contributed by atoms with E-state index in [1.165, 1.54) is 5.56 Å². The van der Waals surface area contributed by atoms with Crippen LogP contribution in [0.15, 0.2) is 10.9 Å². The van der Waals surface area contributed by atoms with Gasteiger partial charge >= 0.3 is 0 Å². The van der Waals surface area contributed by atoms with E-state index in [1.54, 1.807) is 6.33 Å². The van der Waals surface area contributed by atoms with E-state index in [4.69, 9.17) is 4.52 Å². The SMILES string of the molecule is Cc1nc2ncnn2c(N2CCN(Cc3c(C)noc3C)CC2)c1C. The molecule has 4 rings (SSSR count). The van der Waals surface area contributed by atoms with Gasteiger partial charge in [-0.15, -0.1) is 0 Å². The molecule has 132 valence electrons. The maximum atomic E-state index is 5.28. The molecule has 0 radical (unpaired) electrons. The van der Waals surface area contributed by atoms with Crippen LogP contribution in [-0.2, 0) is 6.54 Å². The van der Waals surface area contributed by atoms with Crippen molar-refractivity contribution in [1.29, 1.82) is 0 Å². The molecule has 0 amide bonds. The number of rotatable bonds is 3. The molecule has 3 aromatic rings. The molecule has 0 N–H and O–H groups in total. The molecule has 8 heteroatoms. The number of nitrogens with zero attached hydrogens (tertiary/aromatic N) is 7. The van der Waals surface area contributed by atoms with Crippen LogP contribution in [0.4, 0.5) is 5.82 Å². The summed E-state index contributed by atoms with van der Waals surface area (Å²) in [5.74, 6) is 2.69. The summed E-state index contributed by atoms with van der Waals surface area (Å²) in [5.41, 5.74) is 4.37. The molecule has 1 saturated heterocycles. The molecule has 1 aliphatic heterocycles. The third kappa shape index (κ3) is 2.76. The number of piperazine rings is 1. The maximum absolute atomic E-state index is 5.28. The molecule has 0 atom stereocenters. The van der Waals surface area contributed by atoms with E-state index in [-0.39, 0.29) is 0 Å². The third-order valence-electron chi connectivity index (χ3n) is 5.11. The van der Waals surface area contributed by atoms with E-state index >= 15 is 0 Å². The largest absolute Gasteiger partial charge is 0.361 e. The van der Waals surface area contributed by atoms with Crippen LogP contribution in [0.25, 0.3) is 5.78 Å². The van der Waals surface area contributed by atoms with Crippen molar-refractivity contribution < 1.29 is 4.52 Å². The van der Waals surface area contributed by atoms with Gasteiger partial charge in [-0.1, -0.05) is 5.16 Å². The molecular weight excluding hydrogens is 318 g/mol. The number of fused-ring (bicyclic) bond motifs is 1. The van der Waals surface area contributed by atoms with Crippen molar-refractivity contribution in [2.24, 2.45) is 0 Å². The summed E-state index contributed by atoms with van der Waals surface area (Å²) in [6.07, 6.45) is 1.57. The Bertz CT molecular complexity index is 886. The van der Waals surface area contributed by atoms with Crippen molar-refractivity contribution in [3.63, 3.8) is 0 Å². The van der Waals surface area contributed by atoms with Crippen LogP contribution < -0.4 is 4.90 Å². The smallest absolute Gasteiger partial charge is 0.254 e. The summed E-state index contributed by atoms with van der Waals surface area (Å²) < 4.78 is 7.14. The second kappa shape index (κ2) is 6.11. The van der Waals surface area contributed by atoms with E-state index in [0.717, 1.165) is 61.3 Å². The standard InChI is InChI=1S/C17H23N7O/c1-11-12(2)20-17-18-10-19-24(17)16(11)23-7-5-22(6-8-23)9-15-13(3)21-25-14(15)4/h10H,5-9H2,1-4H3. The molecule has 0 unspecified atom stereocenters. The number of aromatic nitrogens is 5. The lowest BCUT2D eigenvalue weighted by atomic mass is 10.1. The Labute approximate surface area is 146 Å². The molecule has 0 bridgehead atoms. The quantitative estimate of drug-likeness (QED) is 0.717. The minimum absolute atomic E-state index is 0.663. The van der Waals surface area contributed by atoms with E-state index in [9.17, 15) is 0 Å². The van der Waals surface area contributed by atoms with E-state index in [0.29, 0.717) is 5.78 Å². The Morgan fingerprint density at radius 3 is 2.48 bits per heavy atom. The first-order chi connectivity index (χ1) is 12.0. The number of anilines is 1. The van der Waals surface area contributed by atoms with Crippen LogP contribution >= 0.6 is 0 Å². The van der Waals surface area contributed by atoms with Gasteiger partial charge in [0.2, 0.25) is 0 Å². The fraction of sp³-hybridized carbons (Fsp3) is 0.529. The Kier molecular flexibility index (Phi) is 3.91. The van der Waals surface area contributed by atoms with Crippen LogP contribution in [0.1, 0.15) is 28.3 Å². The summed E-state index contributed by atoms with van der Waals surface area (Å²) in [6, 6.07) is 0. The monoisotopic (exact) mass is 341 g/mol. The van der Waals surface area contributed by atoms with Gasteiger partial charge in [0, 0.05) is 49.5 Å². The Morgan fingerprint density at radius 2 is 1.80 bits per heavy atom. The van der Waals surface area contributed by atoms with Gasteiger partial charge in [-0.25, -0.2) is 4.98 Å². The molecule has 0 spiro atoms. The topological polar surface area (TPSA) is 75.6 Å². The molecule has 1 fully saturated rings. The summed E-state index contributed by atoms with van der Waals surface area (Å²) in [7, 11) is 0. The summed E-state index contributed by atoms with van der Waals surface area (Å²) >= 11 is 0. The molecule has 8 nitrogen and oxygen atoms in total. The molecule has 3 aromatic heterocycles. The summed E-state index contributed by atoms with van der Waals surface area (Å²) in [4.78, 5) is 13.6. The zero-order valence-electron chi connectivity index (χ0n) is 15.2. The highest BCUT2D eigenvalue weighted by Gasteiger charge is 2.24. The lowest BCUT2D eigenvalue weighted by Crippen LogP contribution is -2.47. The lowest BCUT2D eigenvalue weighted by molar-refractivity contribution is 0.247. The first-order valence-corrected chi connectivity index (χ1v) is 8.60. The summed E-state index contributed by atoms with van der Waals surface area (Å²) in [6.45, 7) is 12.9. The van der Waals surface area contributed by atoms with E-state index in [2.05, 4.69) is 36.9 Å². The molecule has 0 aliphatic carbocycles. The van der Waals surface area contributed by atoms with Crippen molar-refractivity contribution in [1.82, 2.24) is 29.6 Å². The van der Waals surface area contributed by atoms with Crippen LogP contribution in [-0.4, -0.2) is 55.8 Å². The summed E-state index contributed by atoms with van der Waals surface area (Å²) in [5, 5.41) is 8.42. The van der Waals surface area contributed by atoms with Crippen molar-refractivity contribution >= 4 is 11.6 Å². The first kappa shape index (κ1) is 16.0. The molecule has 0 aromatic carbocycles. The second-order valence-electron chi connectivity index (χ2n) is 6.68. The Balaban J connectivity index is 1.53. The molecule has 1 aliphatic rings. The van der Waals surface area contributed by atoms with Gasteiger partial charge in [-0.2, -0.15) is 14.6 Å². The van der Waals surface area contributed by atoms with Gasteiger partial charge in [-0.3, -0.25) is 4.90 Å². The van der Waals surface area contributed by atoms with Gasteiger partial charge < -0.3 is 9.42 Å². The average Bonchev–Trinajstić information content (AvgIpc) is 3.18. The minimum Gasteiger partial charge on any atom is -0.361 e. The van der Waals surface area contributed by atoms with Gasteiger partial charge in [0.25, 0.3) is 5.78 Å². The van der Waals surface area contributed by atoms with Crippen molar-refractivity contribution in [2.45, 2.75) is 34.2 Å². The minimum atomic E-state index is 0.663. The number of hydrogen-bond donors (Lipinski definition) is 0. The highest BCUT2D eigenvalue weighted by Crippen LogP contribution is 2.24. The lowest BCUT2D eigenvalue weighted by Gasteiger charge is -2.36. The van der Waals surface area contributed by atoms with Crippen LogP contribution in [0.5, 0.6) is 0 Å². The highest BCUT2D eigenvalue weighted by atomic mass is 16.5. The van der Waals surface area contributed by atoms with Crippen molar-refractivity contribution in [3.05, 3.63) is 34.6 Å². The fourth-order valence-electron chi connectivity index (χ4n) is 3.46. The zero-order valence-corrected chi connectivity index (χ0v) is 15.2. The highest BCUT2D eigenvalue weighted by molar-refractivity contribution is 5.54. The zero-order chi connectivity index (χ0) is 17.6. The Morgan fingerprint density at radius 1 is 1.04 bits per heavy atom. The van der Waals surface area contributed by atoms with Gasteiger partial charge in [0.1, 0.15) is 17.9 Å². The van der Waals surface area contributed by atoms with E-state index in [1.807, 2.05) is 25.3 Å². The molecular formula is C17H23N7O. The van der Waals surface area contributed by atoms with Gasteiger partial charge in [-0.05, 0) is 27.7 Å². The van der Waals surface area contributed by atoms with Crippen molar-refractivity contribution in [2.75, 3.05) is 31.1 Å². The maximum Gasteiger partial charge on any atom is 0.254 e. The predicted molar refractivity (Wildman–Crippen MR) is 93.7 cm³/mol. The predicted octanol–water partition coefficient (Wildman–Crippen LogP) is 1.67. The average molecular weight is 341 g/mol. The van der Waals surface area contributed by atoms with Gasteiger partial charge in [0.05, 0.1) is 5.69 Å². The molecule has 4 heterocycles. The normalized spacial score (nSPS) is 16.1. The first-order valence-electron chi connectivity index (χ1n) is 8.60. The van der Waals surface area contributed by atoms with Crippen LogP contribution in [0, 0.1) is 27.7 Å². The molecule has 0 saturated carbocycles. The van der Waals surface area contributed by atoms with Crippen molar-refractivity contribution in [3.8, 4) is 0 Å². The fourth-order valence-corrected chi connectivity index (χ4v) is 3.46. The van der Waals surface area contributed by atoms with Crippen LogP contribution in [0.3, 0.4) is 0 Å².